The summed E-state index contributed by atoms with van der Waals surface area (Å²) in [4.78, 5) is 19.5. The molecular formula is C42H55N3O3S4. The smallest absolute Gasteiger partial charge is 0.189 e. The second kappa shape index (κ2) is 15.5. The Labute approximate surface area is 326 Å². The molecule has 3 aliphatic carbocycles. The van der Waals surface area contributed by atoms with Crippen LogP contribution in [0.3, 0.4) is 0 Å². The van der Waals surface area contributed by atoms with Crippen molar-refractivity contribution in [3.8, 4) is 0 Å². The van der Waals surface area contributed by atoms with E-state index in [0.29, 0.717) is 35.9 Å². The number of rotatable bonds is 6. The Balaban J connectivity index is 1.21. The highest BCUT2D eigenvalue weighted by Gasteiger charge is 2.69. The minimum absolute atomic E-state index is 0.0150. The van der Waals surface area contributed by atoms with Gasteiger partial charge in [0.2, 0.25) is 0 Å². The molecule has 2 aromatic carbocycles. The maximum atomic E-state index is 14.7. The van der Waals surface area contributed by atoms with Gasteiger partial charge in [0.25, 0.3) is 0 Å². The number of aliphatic hydroxyl groups is 2. The number of nitrogens with one attached hydrogen (secondary N) is 1. The molecule has 9 atom stereocenters. The monoisotopic (exact) mass is 777 g/mol. The molecular weight excluding hydrogens is 723 g/mol. The van der Waals surface area contributed by atoms with Crippen molar-refractivity contribution < 1.29 is 15.0 Å². The second-order valence-corrected chi connectivity index (χ2v) is 22.0. The Bertz CT molecular complexity index is 1690. The predicted octanol–water partition coefficient (Wildman–Crippen LogP) is 8.05. The van der Waals surface area contributed by atoms with E-state index in [0.717, 1.165) is 80.6 Å². The van der Waals surface area contributed by atoms with E-state index in [1.807, 2.05) is 43.2 Å². The van der Waals surface area contributed by atoms with Gasteiger partial charge in [-0.05, 0) is 109 Å². The minimum Gasteiger partial charge on any atom is -0.396 e. The predicted molar refractivity (Wildman–Crippen MR) is 221 cm³/mol. The number of nitrogens with two attached hydrogens (primary N) is 1. The molecule has 0 saturated heterocycles. The van der Waals surface area contributed by atoms with E-state index in [1.165, 1.54) is 22.3 Å². The number of nitrogens with zero attached hydrogens (tertiary/aromatic N) is 1. The molecule has 2 fully saturated rings. The molecule has 6 aliphatic rings. The Morgan fingerprint density at radius 2 is 1.88 bits per heavy atom. The third kappa shape index (κ3) is 6.71. The first-order valence-corrected chi connectivity index (χ1v) is 24.4. The molecule has 8 rings (SSSR count). The fraction of sp³-hybridized carbons (Fsp3) is 0.619. The molecule has 2 saturated carbocycles. The van der Waals surface area contributed by atoms with Crippen molar-refractivity contribution in [3.63, 3.8) is 0 Å². The molecule has 3 aliphatic heterocycles. The number of aliphatic imine (C=N–C) groups is 1. The summed E-state index contributed by atoms with van der Waals surface area (Å²) < 4.78 is 0. The first kappa shape index (κ1) is 37.4. The lowest BCUT2D eigenvalue weighted by atomic mass is 9.47. The van der Waals surface area contributed by atoms with Gasteiger partial charge in [-0.25, -0.2) is 0 Å². The van der Waals surface area contributed by atoms with Crippen molar-refractivity contribution in [3.05, 3.63) is 82.4 Å². The molecule has 6 nitrogen and oxygen atoms in total. The second-order valence-electron chi connectivity index (χ2n) is 16.8. The summed E-state index contributed by atoms with van der Waals surface area (Å²) in [6.45, 7) is 3.54. The van der Waals surface area contributed by atoms with Crippen LogP contribution in [0.25, 0.3) is 0 Å². The summed E-state index contributed by atoms with van der Waals surface area (Å²) >= 11 is 0. The minimum atomic E-state index is -0.235. The zero-order valence-electron chi connectivity index (χ0n) is 30.4. The van der Waals surface area contributed by atoms with Crippen molar-refractivity contribution in [2.45, 2.75) is 81.9 Å². The maximum absolute atomic E-state index is 14.7. The van der Waals surface area contributed by atoms with Gasteiger partial charge < -0.3 is 21.3 Å². The van der Waals surface area contributed by atoms with Gasteiger partial charge in [0.05, 0.1) is 5.54 Å². The van der Waals surface area contributed by atoms with Crippen LogP contribution in [0.4, 0.5) is 0 Å². The molecule has 52 heavy (non-hydrogen) atoms. The molecule has 2 spiro atoms. The Hall–Kier alpha value is -1.56. The molecule has 9 bridgehead atoms. The number of guanidine groups is 1. The van der Waals surface area contributed by atoms with Gasteiger partial charge in [-0.15, -0.1) is 0 Å². The van der Waals surface area contributed by atoms with Crippen molar-refractivity contribution in [1.29, 1.82) is 0 Å². The van der Waals surface area contributed by atoms with Crippen molar-refractivity contribution in [1.82, 2.24) is 5.32 Å². The Morgan fingerprint density at radius 1 is 1.02 bits per heavy atom. The number of hydrogen-bond acceptors (Lipinski definition) is 10. The summed E-state index contributed by atoms with van der Waals surface area (Å²) in [6, 6.07) is 20.2. The van der Waals surface area contributed by atoms with Crippen molar-refractivity contribution >= 4 is 54.9 Å². The number of carbonyl (C=O) groups is 1. The topological polar surface area (TPSA) is 108 Å². The SMILES string of the molecule is C[C@]12CCSSC[C@]34C[C@@H](CSS[C@@H](Cc5ccccc5)c5cccc(c5)C[C@@H]3CN=C(N)N4)CC3=C4C[C@H]1C[C@H](CO)[C@@H](CCCO)[C@@]42CC3=O. The lowest BCUT2D eigenvalue weighted by molar-refractivity contribution is -0.125. The van der Waals surface area contributed by atoms with E-state index in [2.05, 4.69) is 66.8 Å². The van der Waals surface area contributed by atoms with Gasteiger partial charge in [-0.3, -0.25) is 9.79 Å². The van der Waals surface area contributed by atoms with E-state index in [-0.39, 0.29) is 53.3 Å². The molecule has 0 aromatic heterocycles. The molecule has 0 amide bonds. The first-order valence-electron chi connectivity index (χ1n) is 19.5. The third-order valence-corrected chi connectivity index (χ3v) is 19.6. The average molecular weight is 778 g/mol. The van der Waals surface area contributed by atoms with Crippen LogP contribution < -0.4 is 11.1 Å². The lowest BCUT2D eigenvalue weighted by Crippen LogP contribution is -2.62. The number of carbonyl (C=O) groups excluding carboxylic acids is 1. The average Bonchev–Trinajstić information content (AvgIpc) is 3.47. The van der Waals surface area contributed by atoms with E-state index in [4.69, 9.17) is 10.7 Å². The van der Waals surface area contributed by atoms with Gasteiger partial charge >= 0.3 is 0 Å². The number of ketones is 1. The third-order valence-electron chi connectivity index (χ3n) is 14.2. The summed E-state index contributed by atoms with van der Waals surface area (Å²) in [6.07, 6.45) is 8.97. The van der Waals surface area contributed by atoms with Crippen molar-refractivity contribution in [2.75, 3.05) is 37.0 Å². The van der Waals surface area contributed by atoms with Crippen LogP contribution in [0.15, 0.2) is 70.7 Å². The van der Waals surface area contributed by atoms with Crippen LogP contribution in [0.1, 0.15) is 80.2 Å². The van der Waals surface area contributed by atoms with Crippen LogP contribution in [0.5, 0.6) is 0 Å². The molecule has 5 N–H and O–H groups in total. The van der Waals surface area contributed by atoms with E-state index < -0.39 is 0 Å². The molecule has 0 radical (unpaired) electrons. The summed E-state index contributed by atoms with van der Waals surface area (Å²) in [5.74, 6) is 5.34. The standard InChI is InChI=1S/C42H55N3O3S4/c1-40-12-14-49-51-26-41-21-29(17-34-36-20-32(40)19-31(24-47)35(11-6-13-46)42(36,40)22-37(34)48)25-50-52-38(18-27-7-3-2-4-8-27)30-10-5-9-28(15-30)16-33(41)23-44-39(43)45-41/h2-5,7-10,15,29,31-33,35,38,46-47H,6,11-14,16-26H2,1H3,(H3,43,44,45)/t29-,31+,32+,33+,35+,38-,40-,41+,42-/m0/s1. The van der Waals surface area contributed by atoms with Crippen molar-refractivity contribution in [2.24, 2.45) is 51.1 Å². The van der Waals surface area contributed by atoms with Gasteiger partial charge in [0.15, 0.2) is 11.7 Å². The van der Waals surface area contributed by atoms with Crippen LogP contribution in [-0.4, -0.2) is 64.5 Å². The number of allylic oxidation sites excluding steroid dienone is 2. The van der Waals surface area contributed by atoms with E-state index in [9.17, 15) is 15.0 Å². The number of aliphatic hydroxyl groups excluding tert-OH is 2. The van der Waals surface area contributed by atoms with Crippen LogP contribution in [0, 0.1) is 40.4 Å². The van der Waals surface area contributed by atoms with E-state index >= 15 is 0 Å². The number of hydrogen-bond donors (Lipinski definition) is 4. The molecule has 0 unspecified atom stereocenters. The lowest BCUT2D eigenvalue weighted by Gasteiger charge is -2.57. The van der Waals surface area contributed by atoms with E-state index in [1.54, 1.807) is 0 Å². The van der Waals surface area contributed by atoms with Crippen LogP contribution in [-0.2, 0) is 17.6 Å². The van der Waals surface area contributed by atoms with Crippen LogP contribution >= 0.6 is 43.2 Å². The maximum Gasteiger partial charge on any atom is 0.189 e. The molecule has 280 valence electrons. The zero-order chi connectivity index (χ0) is 35.9. The van der Waals surface area contributed by atoms with Gasteiger partial charge in [-0.1, -0.05) is 110 Å². The summed E-state index contributed by atoms with van der Waals surface area (Å²) in [5, 5.41) is 24.9. The highest BCUT2D eigenvalue weighted by atomic mass is 33.1. The molecule has 3 heterocycles. The molecule has 2 aromatic rings. The normalized spacial score (nSPS) is 37.7. The largest absolute Gasteiger partial charge is 0.396 e. The first-order chi connectivity index (χ1) is 25.3. The zero-order valence-corrected chi connectivity index (χ0v) is 33.7. The van der Waals surface area contributed by atoms with Gasteiger partial charge in [0.1, 0.15) is 0 Å². The quantitative estimate of drug-likeness (QED) is 0.217. The van der Waals surface area contributed by atoms with Crippen LogP contribution in [0.2, 0.25) is 0 Å². The highest BCUT2D eigenvalue weighted by Crippen LogP contribution is 2.75. The summed E-state index contributed by atoms with van der Waals surface area (Å²) in [7, 11) is 8.00. The summed E-state index contributed by atoms with van der Waals surface area (Å²) in [5.41, 5.74) is 12.8. The van der Waals surface area contributed by atoms with Gasteiger partial charge in [-0.2, -0.15) is 0 Å². The number of benzene rings is 2. The Morgan fingerprint density at radius 3 is 2.71 bits per heavy atom. The number of fused-ring (bicyclic) bond motifs is 3. The highest BCUT2D eigenvalue weighted by molar-refractivity contribution is 8.77. The van der Waals surface area contributed by atoms with Gasteiger partial charge in [0, 0.05) is 60.0 Å². The Kier molecular flexibility index (Phi) is 11.2. The fourth-order valence-electron chi connectivity index (χ4n) is 11.7. The molecule has 10 heteroatoms. The number of Topliss-reactive ketones (excluding diaryl/α,β-unsaturated/α-hetero) is 1. The fourth-order valence-corrected chi connectivity index (χ4v) is 17.5.